The molecule has 0 aromatic carbocycles. The van der Waals surface area contributed by atoms with E-state index in [1.807, 2.05) is 0 Å². The lowest BCUT2D eigenvalue weighted by molar-refractivity contribution is -0.311. The van der Waals surface area contributed by atoms with Crippen molar-refractivity contribution in [2.24, 2.45) is 11.8 Å². The molecule has 0 aromatic heterocycles. The van der Waals surface area contributed by atoms with Gasteiger partial charge in [0.05, 0.1) is 18.8 Å². The molecule has 3 unspecified atom stereocenters. The predicted molar refractivity (Wildman–Crippen MR) is 46.9 cm³/mol. The van der Waals surface area contributed by atoms with Gasteiger partial charge in [0.25, 0.3) is 0 Å². The zero-order chi connectivity index (χ0) is 10.2. The van der Waals surface area contributed by atoms with E-state index in [0.717, 1.165) is 0 Å². The van der Waals surface area contributed by atoms with E-state index in [9.17, 15) is 10.2 Å². The summed E-state index contributed by atoms with van der Waals surface area (Å²) in [5, 5.41) is 28.4. The molecule has 1 rings (SSSR count). The average molecular weight is 190 g/mol. The first-order valence-electron chi connectivity index (χ1n) is 4.59. The van der Waals surface area contributed by atoms with Crippen LogP contribution in [0.25, 0.3) is 0 Å². The standard InChI is InChI=1S/C9H18O4/c1-5-7(4-10)13-9(3,12)6(2)8(5)11/h5-8,10-12H,4H2,1-3H3/t5-,6?,7?,8-,9?/m1/s1. The molecule has 3 N–H and O–H groups in total. The first kappa shape index (κ1) is 10.9. The number of aliphatic hydroxyl groups is 3. The zero-order valence-corrected chi connectivity index (χ0v) is 8.27. The van der Waals surface area contributed by atoms with E-state index in [1.165, 1.54) is 6.92 Å². The van der Waals surface area contributed by atoms with Gasteiger partial charge in [-0.05, 0) is 6.92 Å². The lowest BCUT2D eigenvalue weighted by Crippen LogP contribution is -2.56. The minimum Gasteiger partial charge on any atom is -0.394 e. The van der Waals surface area contributed by atoms with Crippen LogP contribution in [0.2, 0.25) is 0 Å². The lowest BCUT2D eigenvalue weighted by Gasteiger charge is -2.45. The van der Waals surface area contributed by atoms with Gasteiger partial charge in [0, 0.05) is 11.8 Å². The van der Waals surface area contributed by atoms with Crippen molar-refractivity contribution in [2.45, 2.75) is 38.8 Å². The van der Waals surface area contributed by atoms with E-state index in [4.69, 9.17) is 9.84 Å². The van der Waals surface area contributed by atoms with Crippen molar-refractivity contribution < 1.29 is 20.1 Å². The predicted octanol–water partition coefficient (Wildman–Crippen LogP) is -0.281. The summed E-state index contributed by atoms with van der Waals surface area (Å²) in [6.07, 6.45) is -1.12. The quantitative estimate of drug-likeness (QED) is 0.532. The number of rotatable bonds is 1. The van der Waals surface area contributed by atoms with Gasteiger partial charge in [-0.2, -0.15) is 0 Å². The lowest BCUT2D eigenvalue weighted by atomic mass is 9.81. The summed E-state index contributed by atoms with van der Waals surface area (Å²) < 4.78 is 5.26. The second-order valence-electron chi connectivity index (χ2n) is 4.03. The van der Waals surface area contributed by atoms with Crippen LogP contribution >= 0.6 is 0 Å². The van der Waals surface area contributed by atoms with Gasteiger partial charge in [-0.1, -0.05) is 13.8 Å². The molecule has 4 nitrogen and oxygen atoms in total. The van der Waals surface area contributed by atoms with Crippen molar-refractivity contribution in [3.8, 4) is 0 Å². The van der Waals surface area contributed by atoms with Crippen molar-refractivity contribution in [3.63, 3.8) is 0 Å². The van der Waals surface area contributed by atoms with Gasteiger partial charge in [-0.15, -0.1) is 0 Å². The van der Waals surface area contributed by atoms with Gasteiger partial charge in [0.15, 0.2) is 5.79 Å². The topological polar surface area (TPSA) is 69.9 Å². The van der Waals surface area contributed by atoms with E-state index in [-0.39, 0.29) is 18.4 Å². The van der Waals surface area contributed by atoms with Crippen LogP contribution in [-0.4, -0.2) is 39.9 Å². The number of hydrogen-bond donors (Lipinski definition) is 3. The largest absolute Gasteiger partial charge is 0.394 e. The van der Waals surface area contributed by atoms with Gasteiger partial charge in [0.1, 0.15) is 0 Å². The fourth-order valence-electron chi connectivity index (χ4n) is 1.72. The van der Waals surface area contributed by atoms with Crippen molar-refractivity contribution in [1.29, 1.82) is 0 Å². The van der Waals surface area contributed by atoms with Gasteiger partial charge >= 0.3 is 0 Å². The second kappa shape index (κ2) is 3.53. The van der Waals surface area contributed by atoms with Crippen LogP contribution in [0.5, 0.6) is 0 Å². The van der Waals surface area contributed by atoms with Gasteiger partial charge in [-0.25, -0.2) is 0 Å². The molecule has 0 aliphatic carbocycles. The summed E-state index contributed by atoms with van der Waals surface area (Å²) in [7, 11) is 0. The summed E-state index contributed by atoms with van der Waals surface area (Å²) in [6.45, 7) is 4.86. The molecule has 1 aliphatic rings. The van der Waals surface area contributed by atoms with Crippen LogP contribution in [0.3, 0.4) is 0 Å². The molecule has 1 aliphatic heterocycles. The van der Waals surface area contributed by atoms with Crippen molar-refractivity contribution >= 4 is 0 Å². The monoisotopic (exact) mass is 190 g/mol. The molecule has 0 amide bonds. The normalized spacial score (nSPS) is 52.2. The molecule has 0 saturated carbocycles. The van der Waals surface area contributed by atoms with Crippen LogP contribution in [0.4, 0.5) is 0 Å². The summed E-state index contributed by atoms with van der Waals surface area (Å²) in [5.41, 5.74) is 0. The molecule has 1 saturated heterocycles. The summed E-state index contributed by atoms with van der Waals surface area (Å²) >= 11 is 0. The van der Waals surface area contributed by atoms with E-state index < -0.39 is 18.0 Å². The Morgan fingerprint density at radius 1 is 1.38 bits per heavy atom. The number of hydrogen-bond acceptors (Lipinski definition) is 4. The fourth-order valence-corrected chi connectivity index (χ4v) is 1.72. The van der Waals surface area contributed by atoms with Crippen LogP contribution in [0.15, 0.2) is 0 Å². The molecule has 13 heavy (non-hydrogen) atoms. The minimum atomic E-state index is -1.35. The highest BCUT2D eigenvalue weighted by atomic mass is 16.6. The highest BCUT2D eigenvalue weighted by molar-refractivity contribution is 4.89. The third-order valence-electron chi connectivity index (χ3n) is 3.05. The Bertz CT molecular complexity index is 178. The molecule has 0 spiro atoms. The SMILES string of the molecule is CC1[C@H](O)[C@H](C)C(CO)OC1(C)O. The first-order valence-corrected chi connectivity index (χ1v) is 4.59. The maximum atomic E-state index is 9.74. The summed E-state index contributed by atoms with van der Waals surface area (Å²) in [6, 6.07) is 0. The zero-order valence-electron chi connectivity index (χ0n) is 8.27. The second-order valence-corrected chi connectivity index (χ2v) is 4.03. The highest BCUT2D eigenvalue weighted by Crippen LogP contribution is 2.35. The first-order chi connectivity index (χ1) is 5.90. The van der Waals surface area contributed by atoms with Crippen molar-refractivity contribution in [1.82, 2.24) is 0 Å². The molecular formula is C9H18O4. The van der Waals surface area contributed by atoms with Crippen LogP contribution in [-0.2, 0) is 4.74 Å². The van der Waals surface area contributed by atoms with E-state index in [2.05, 4.69) is 0 Å². The van der Waals surface area contributed by atoms with E-state index in [1.54, 1.807) is 13.8 Å². The summed E-state index contributed by atoms with van der Waals surface area (Å²) in [4.78, 5) is 0. The van der Waals surface area contributed by atoms with Crippen LogP contribution < -0.4 is 0 Å². The molecular weight excluding hydrogens is 172 g/mol. The average Bonchev–Trinajstić information content (AvgIpc) is 2.08. The molecule has 4 heteroatoms. The smallest absolute Gasteiger partial charge is 0.168 e. The van der Waals surface area contributed by atoms with E-state index in [0.29, 0.717) is 0 Å². The Hall–Kier alpha value is -0.160. The molecule has 5 atom stereocenters. The van der Waals surface area contributed by atoms with Crippen LogP contribution in [0.1, 0.15) is 20.8 Å². The highest BCUT2D eigenvalue weighted by Gasteiger charge is 2.46. The van der Waals surface area contributed by atoms with Gasteiger partial charge in [-0.3, -0.25) is 0 Å². The minimum absolute atomic E-state index is 0.153. The van der Waals surface area contributed by atoms with Crippen LogP contribution in [0, 0.1) is 11.8 Å². The van der Waals surface area contributed by atoms with E-state index >= 15 is 0 Å². The Balaban J connectivity index is 2.79. The molecule has 0 aromatic rings. The Labute approximate surface area is 78.1 Å². The van der Waals surface area contributed by atoms with Gasteiger partial charge < -0.3 is 20.1 Å². The number of ether oxygens (including phenoxy) is 1. The molecule has 78 valence electrons. The Morgan fingerprint density at radius 2 is 1.92 bits per heavy atom. The van der Waals surface area contributed by atoms with Crippen molar-refractivity contribution in [2.75, 3.05) is 6.61 Å². The Morgan fingerprint density at radius 3 is 2.38 bits per heavy atom. The van der Waals surface area contributed by atoms with Gasteiger partial charge in [0.2, 0.25) is 0 Å². The molecule has 0 bridgehead atoms. The third kappa shape index (κ3) is 1.86. The Kier molecular flexibility index (Phi) is 2.97. The van der Waals surface area contributed by atoms with Crippen molar-refractivity contribution in [3.05, 3.63) is 0 Å². The molecule has 1 heterocycles. The maximum absolute atomic E-state index is 9.74. The maximum Gasteiger partial charge on any atom is 0.168 e. The summed E-state index contributed by atoms with van der Waals surface area (Å²) in [5.74, 6) is -1.84. The fraction of sp³-hybridized carbons (Fsp3) is 1.00. The molecule has 1 fully saturated rings. The molecule has 0 radical (unpaired) electrons. The third-order valence-corrected chi connectivity index (χ3v) is 3.05. The number of aliphatic hydroxyl groups excluding tert-OH is 2.